The van der Waals surface area contributed by atoms with Crippen LogP contribution in [0.3, 0.4) is 0 Å². The third-order valence-corrected chi connectivity index (χ3v) is 2.01. The van der Waals surface area contributed by atoms with Gasteiger partial charge >= 0.3 is 0 Å². The molecule has 1 aliphatic rings. The predicted molar refractivity (Wildman–Crippen MR) is 63.8 cm³/mol. The van der Waals surface area contributed by atoms with E-state index in [1.807, 2.05) is 0 Å². The Hall–Kier alpha value is 0.930. The third-order valence-electron chi connectivity index (χ3n) is 2.01. The molecule has 3 heteroatoms. The largest absolute Gasteiger partial charge is 0.269 e. The smallest absolute Gasteiger partial charge is 0 e. The molecule has 0 amide bonds. The van der Waals surface area contributed by atoms with Crippen LogP contribution >= 0.6 is 24.8 Å². The van der Waals surface area contributed by atoms with Crippen molar-refractivity contribution >= 4 is 24.8 Å². The summed E-state index contributed by atoms with van der Waals surface area (Å²) in [7, 11) is 0. The number of hydrogen-bond donors (Lipinski definition) is 0. The molecular formula is C11H19Cl2Hf-. The second-order valence-corrected chi connectivity index (χ2v) is 3.18. The van der Waals surface area contributed by atoms with Gasteiger partial charge in [-0.3, -0.25) is 6.08 Å². The Morgan fingerprint density at radius 3 is 2.21 bits per heavy atom. The molecule has 0 spiro atoms. The van der Waals surface area contributed by atoms with E-state index in [-0.39, 0.29) is 50.7 Å². The molecule has 1 rings (SSSR count). The molecule has 0 aromatic heterocycles. The van der Waals surface area contributed by atoms with Gasteiger partial charge in [-0.25, -0.2) is 11.6 Å². The first kappa shape index (κ1) is 20.4. The van der Waals surface area contributed by atoms with Gasteiger partial charge in [-0.15, -0.1) is 31.2 Å². The molecule has 0 N–H and O–H groups in total. The first-order valence-corrected chi connectivity index (χ1v) is 4.66. The van der Waals surface area contributed by atoms with Crippen LogP contribution in [0.15, 0.2) is 17.2 Å². The Bertz CT molecular complexity index is 186. The van der Waals surface area contributed by atoms with Gasteiger partial charge in [0.2, 0.25) is 0 Å². The fourth-order valence-electron chi connectivity index (χ4n) is 1.49. The fourth-order valence-corrected chi connectivity index (χ4v) is 1.49. The van der Waals surface area contributed by atoms with Gasteiger partial charge in [0.05, 0.1) is 0 Å². The van der Waals surface area contributed by atoms with E-state index in [2.05, 4.69) is 26.0 Å². The van der Waals surface area contributed by atoms with Crippen molar-refractivity contribution in [2.24, 2.45) is 0 Å². The molecule has 0 atom stereocenters. The van der Waals surface area contributed by atoms with Crippen molar-refractivity contribution in [3.63, 3.8) is 0 Å². The van der Waals surface area contributed by atoms with Crippen molar-refractivity contribution in [1.82, 2.24) is 0 Å². The van der Waals surface area contributed by atoms with Gasteiger partial charge < -0.3 is 0 Å². The summed E-state index contributed by atoms with van der Waals surface area (Å²) in [6.45, 7) is 4.46. The molecule has 0 aromatic carbocycles. The monoisotopic (exact) mass is 401 g/mol. The van der Waals surface area contributed by atoms with Gasteiger partial charge in [0, 0.05) is 25.8 Å². The Labute approximate surface area is 119 Å². The Morgan fingerprint density at radius 2 is 1.71 bits per heavy atom. The number of hydrogen-bond acceptors (Lipinski definition) is 0. The number of allylic oxidation sites excluding steroid dienone is 4. The second kappa shape index (κ2) is 12.0. The predicted octanol–water partition coefficient (Wildman–Crippen LogP) is 4.49. The summed E-state index contributed by atoms with van der Waals surface area (Å²) in [5.74, 6) is 0. The number of halogens is 2. The van der Waals surface area contributed by atoms with Crippen molar-refractivity contribution in [2.75, 3.05) is 0 Å². The first-order valence-electron chi connectivity index (χ1n) is 4.66. The summed E-state index contributed by atoms with van der Waals surface area (Å²) < 4.78 is 0. The van der Waals surface area contributed by atoms with E-state index >= 15 is 0 Å². The quantitative estimate of drug-likeness (QED) is 0.482. The van der Waals surface area contributed by atoms with Crippen LogP contribution in [-0.4, -0.2) is 0 Å². The second-order valence-electron chi connectivity index (χ2n) is 3.18. The maximum absolute atomic E-state index is 3.42. The molecule has 1 aliphatic carbocycles. The molecular weight excluding hydrogens is 382 g/mol. The molecule has 0 bridgehead atoms. The van der Waals surface area contributed by atoms with Gasteiger partial charge in [0.15, 0.2) is 0 Å². The maximum atomic E-state index is 3.42. The SMILES string of the molecule is CCCC1=[C-]CC(CCC)=C1.Cl.Cl.[Hf]. The van der Waals surface area contributed by atoms with E-state index in [9.17, 15) is 0 Å². The summed E-state index contributed by atoms with van der Waals surface area (Å²) in [6, 6.07) is 0. The Morgan fingerprint density at radius 1 is 1.14 bits per heavy atom. The summed E-state index contributed by atoms with van der Waals surface area (Å²) in [6.07, 6.45) is 11.9. The van der Waals surface area contributed by atoms with Crippen LogP contribution in [0.2, 0.25) is 0 Å². The van der Waals surface area contributed by atoms with Gasteiger partial charge in [-0.05, 0) is 6.42 Å². The fraction of sp³-hybridized carbons (Fsp3) is 0.636. The van der Waals surface area contributed by atoms with Crippen LogP contribution in [0.5, 0.6) is 0 Å². The zero-order valence-electron chi connectivity index (χ0n) is 8.93. The minimum atomic E-state index is 0. The van der Waals surface area contributed by atoms with Crippen molar-refractivity contribution in [3.05, 3.63) is 23.3 Å². The van der Waals surface area contributed by atoms with E-state index in [0.29, 0.717) is 0 Å². The van der Waals surface area contributed by atoms with Gasteiger partial charge in [0.25, 0.3) is 0 Å². The van der Waals surface area contributed by atoms with Gasteiger partial charge in [0.1, 0.15) is 0 Å². The summed E-state index contributed by atoms with van der Waals surface area (Å²) in [5.41, 5.74) is 3.02. The van der Waals surface area contributed by atoms with E-state index in [1.54, 1.807) is 5.57 Å². The van der Waals surface area contributed by atoms with Crippen LogP contribution in [0.1, 0.15) is 46.0 Å². The summed E-state index contributed by atoms with van der Waals surface area (Å²) in [4.78, 5) is 0. The van der Waals surface area contributed by atoms with E-state index < -0.39 is 0 Å². The van der Waals surface area contributed by atoms with Crippen LogP contribution in [-0.2, 0) is 25.8 Å². The molecule has 14 heavy (non-hydrogen) atoms. The van der Waals surface area contributed by atoms with Crippen molar-refractivity contribution in [3.8, 4) is 0 Å². The van der Waals surface area contributed by atoms with Gasteiger partial charge in [-0.1, -0.05) is 33.1 Å². The van der Waals surface area contributed by atoms with Crippen molar-refractivity contribution in [2.45, 2.75) is 46.0 Å². The molecule has 0 fully saturated rings. The Kier molecular flexibility index (Phi) is 17.5. The van der Waals surface area contributed by atoms with Crippen molar-refractivity contribution < 1.29 is 25.8 Å². The van der Waals surface area contributed by atoms with Crippen molar-refractivity contribution in [1.29, 1.82) is 0 Å². The Balaban J connectivity index is -0.000000403. The van der Waals surface area contributed by atoms with E-state index in [4.69, 9.17) is 0 Å². The molecule has 0 nitrogen and oxygen atoms in total. The average molecular weight is 401 g/mol. The zero-order chi connectivity index (χ0) is 8.10. The summed E-state index contributed by atoms with van der Waals surface area (Å²) in [5, 5.41) is 0. The minimum Gasteiger partial charge on any atom is -0.269 e. The number of rotatable bonds is 4. The molecule has 0 aromatic rings. The standard InChI is InChI=1S/C11H17.2ClH.Hf/c1-3-5-10-7-8-11(9-10)6-4-2;;;/h9H,3-7H2,1-2H3;2*1H;/q-1;;;. The molecule has 0 saturated heterocycles. The van der Waals surface area contributed by atoms with Crippen LogP contribution in [0.4, 0.5) is 0 Å². The van der Waals surface area contributed by atoms with E-state index in [1.165, 1.54) is 31.3 Å². The molecule has 82 valence electrons. The maximum Gasteiger partial charge on any atom is 0 e. The molecule has 0 heterocycles. The third kappa shape index (κ3) is 7.25. The average Bonchev–Trinajstić information content (AvgIpc) is 2.38. The molecule has 0 radical (unpaired) electrons. The molecule has 0 unspecified atom stereocenters. The van der Waals surface area contributed by atoms with Gasteiger partial charge in [-0.2, -0.15) is 5.57 Å². The van der Waals surface area contributed by atoms with Crippen LogP contribution in [0, 0.1) is 6.08 Å². The van der Waals surface area contributed by atoms with E-state index in [0.717, 1.165) is 6.42 Å². The molecule has 0 aliphatic heterocycles. The molecule has 0 saturated carbocycles. The minimum absolute atomic E-state index is 0. The van der Waals surface area contributed by atoms with Crippen LogP contribution < -0.4 is 0 Å². The van der Waals surface area contributed by atoms with Crippen LogP contribution in [0.25, 0.3) is 0 Å². The topological polar surface area (TPSA) is 0 Å². The zero-order valence-corrected chi connectivity index (χ0v) is 14.2. The summed E-state index contributed by atoms with van der Waals surface area (Å²) >= 11 is 0. The normalized spacial score (nSPS) is 13.0. The first-order chi connectivity index (χ1) is 5.36.